The van der Waals surface area contributed by atoms with Gasteiger partial charge < -0.3 is 4.74 Å². The highest BCUT2D eigenvalue weighted by molar-refractivity contribution is 4.88. The summed E-state index contributed by atoms with van der Waals surface area (Å²) in [6, 6.07) is 0. The van der Waals surface area contributed by atoms with Crippen LogP contribution in [-0.4, -0.2) is 52.0 Å². The number of ether oxygens (including phenoxy) is 1. The van der Waals surface area contributed by atoms with E-state index in [-0.39, 0.29) is 6.10 Å². The van der Waals surface area contributed by atoms with Gasteiger partial charge in [-0.15, -0.1) is 0 Å². The molecule has 2 heterocycles. The molecule has 0 spiro atoms. The molecule has 1 saturated heterocycles. The highest BCUT2D eigenvalue weighted by atomic mass is 16.5. The lowest BCUT2D eigenvalue weighted by molar-refractivity contribution is -0.0432. The fraction of sp³-hybridized carbons (Fsp3) is 0.875. The molecular formula is C16H28N4O. The molecule has 0 N–H and O–H groups in total. The fourth-order valence-corrected chi connectivity index (χ4v) is 3.72. The Morgan fingerprint density at radius 2 is 1.95 bits per heavy atom. The lowest BCUT2D eigenvalue weighted by atomic mass is 9.89. The van der Waals surface area contributed by atoms with E-state index in [1.165, 1.54) is 38.6 Å². The van der Waals surface area contributed by atoms with Crippen molar-refractivity contribution in [2.45, 2.75) is 58.6 Å². The second-order valence-corrected chi connectivity index (χ2v) is 6.64. The van der Waals surface area contributed by atoms with Crippen LogP contribution in [0.15, 0.2) is 0 Å². The van der Waals surface area contributed by atoms with Gasteiger partial charge in [0.1, 0.15) is 11.6 Å². The zero-order chi connectivity index (χ0) is 14.7. The Morgan fingerprint density at radius 3 is 2.67 bits per heavy atom. The predicted molar refractivity (Wildman–Crippen MR) is 82.3 cm³/mol. The summed E-state index contributed by atoms with van der Waals surface area (Å²) in [5, 5.41) is 4.45. The minimum Gasteiger partial charge on any atom is -0.374 e. The quantitative estimate of drug-likeness (QED) is 0.853. The summed E-state index contributed by atoms with van der Waals surface area (Å²) >= 11 is 0. The molecule has 1 aliphatic carbocycles. The summed E-state index contributed by atoms with van der Waals surface area (Å²) < 4.78 is 7.93. The first-order valence-electron chi connectivity index (χ1n) is 8.42. The molecule has 0 bridgehead atoms. The SMILES string of the molecule is Cc1nc(C)n(C[C@H]2CN(CC3CCCCC3)CCO2)n1. The summed E-state index contributed by atoms with van der Waals surface area (Å²) in [7, 11) is 0. The number of nitrogens with zero attached hydrogens (tertiary/aromatic N) is 4. The van der Waals surface area contributed by atoms with Gasteiger partial charge in [0.15, 0.2) is 0 Å². The maximum atomic E-state index is 5.94. The first-order valence-corrected chi connectivity index (χ1v) is 8.42. The molecule has 2 fully saturated rings. The number of hydrogen-bond donors (Lipinski definition) is 0. The Labute approximate surface area is 127 Å². The molecule has 21 heavy (non-hydrogen) atoms. The molecule has 5 nitrogen and oxygen atoms in total. The normalized spacial score (nSPS) is 25.3. The maximum Gasteiger partial charge on any atom is 0.147 e. The number of aromatic nitrogens is 3. The smallest absolute Gasteiger partial charge is 0.147 e. The molecule has 5 heteroatoms. The molecule has 3 rings (SSSR count). The molecule has 0 unspecified atom stereocenters. The molecule has 0 amide bonds. The van der Waals surface area contributed by atoms with Crippen LogP contribution in [0, 0.1) is 19.8 Å². The van der Waals surface area contributed by atoms with Crippen molar-refractivity contribution in [1.82, 2.24) is 19.7 Å². The van der Waals surface area contributed by atoms with Crippen LogP contribution in [0.3, 0.4) is 0 Å². The van der Waals surface area contributed by atoms with Gasteiger partial charge in [-0.1, -0.05) is 19.3 Å². The van der Waals surface area contributed by atoms with Crippen LogP contribution >= 0.6 is 0 Å². The summed E-state index contributed by atoms with van der Waals surface area (Å²) in [6.07, 6.45) is 7.38. The Kier molecular flexibility index (Phi) is 4.91. The van der Waals surface area contributed by atoms with Crippen LogP contribution in [0.25, 0.3) is 0 Å². The van der Waals surface area contributed by atoms with Gasteiger partial charge in [-0.25, -0.2) is 9.67 Å². The summed E-state index contributed by atoms with van der Waals surface area (Å²) in [4.78, 5) is 6.97. The average molecular weight is 292 g/mol. The first-order chi connectivity index (χ1) is 10.2. The van der Waals surface area contributed by atoms with Crippen molar-refractivity contribution in [2.75, 3.05) is 26.2 Å². The minimum atomic E-state index is 0.252. The standard InChI is InChI=1S/C16H28N4O/c1-13-17-14(2)20(18-13)12-16-11-19(8-9-21-16)10-15-6-4-3-5-7-15/h15-16H,3-12H2,1-2H3/t16-/m1/s1. The topological polar surface area (TPSA) is 43.2 Å². The van der Waals surface area contributed by atoms with Gasteiger partial charge in [0.25, 0.3) is 0 Å². The van der Waals surface area contributed by atoms with Crippen molar-refractivity contribution in [3.63, 3.8) is 0 Å². The van der Waals surface area contributed by atoms with Crippen molar-refractivity contribution in [3.05, 3.63) is 11.6 Å². The minimum absolute atomic E-state index is 0.252. The summed E-state index contributed by atoms with van der Waals surface area (Å²) in [5.41, 5.74) is 0. The van der Waals surface area contributed by atoms with Crippen LogP contribution in [-0.2, 0) is 11.3 Å². The number of rotatable bonds is 4. The van der Waals surface area contributed by atoms with Crippen LogP contribution < -0.4 is 0 Å². The molecule has 0 aromatic carbocycles. The second-order valence-electron chi connectivity index (χ2n) is 6.64. The van der Waals surface area contributed by atoms with E-state index in [4.69, 9.17) is 4.74 Å². The Hall–Kier alpha value is -0.940. The monoisotopic (exact) mass is 292 g/mol. The fourth-order valence-electron chi connectivity index (χ4n) is 3.72. The van der Waals surface area contributed by atoms with Gasteiger partial charge in [-0.05, 0) is 32.6 Å². The van der Waals surface area contributed by atoms with Crippen molar-refractivity contribution in [1.29, 1.82) is 0 Å². The van der Waals surface area contributed by atoms with E-state index in [9.17, 15) is 0 Å². The summed E-state index contributed by atoms with van der Waals surface area (Å²) in [5.74, 6) is 2.75. The van der Waals surface area contributed by atoms with E-state index in [1.54, 1.807) is 0 Å². The molecule has 118 valence electrons. The summed E-state index contributed by atoms with van der Waals surface area (Å²) in [6.45, 7) is 9.02. The van der Waals surface area contributed by atoms with Crippen molar-refractivity contribution in [3.8, 4) is 0 Å². The van der Waals surface area contributed by atoms with Gasteiger partial charge in [0, 0.05) is 19.6 Å². The highest BCUT2D eigenvalue weighted by Crippen LogP contribution is 2.25. The van der Waals surface area contributed by atoms with Crippen LogP contribution in [0.1, 0.15) is 43.8 Å². The molecule has 2 aliphatic rings. The van der Waals surface area contributed by atoms with E-state index < -0.39 is 0 Å². The van der Waals surface area contributed by atoms with Gasteiger partial charge >= 0.3 is 0 Å². The Morgan fingerprint density at radius 1 is 1.14 bits per heavy atom. The molecule has 1 aliphatic heterocycles. The number of hydrogen-bond acceptors (Lipinski definition) is 4. The van der Waals surface area contributed by atoms with Crippen molar-refractivity contribution < 1.29 is 4.74 Å². The van der Waals surface area contributed by atoms with Crippen LogP contribution in [0.5, 0.6) is 0 Å². The Bertz CT molecular complexity index is 453. The van der Waals surface area contributed by atoms with Gasteiger partial charge in [-0.2, -0.15) is 5.10 Å². The lowest BCUT2D eigenvalue weighted by Gasteiger charge is -2.36. The zero-order valence-electron chi connectivity index (χ0n) is 13.4. The molecule has 1 atom stereocenters. The molecule has 1 aromatic heterocycles. The van der Waals surface area contributed by atoms with Gasteiger partial charge in [0.05, 0.1) is 19.3 Å². The van der Waals surface area contributed by atoms with E-state index in [1.807, 2.05) is 18.5 Å². The molecule has 1 aromatic rings. The third-order valence-electron chi connectivity index (χ3n) is 4.80. The third kappa shape index (κ3) is 4.04. The number of aryl methyl sites for hydroxylation is 2. The first kappa shape index (κ1) is 15.0. The number of morpholine rings is 1. The highest BCUT2D eigenvalue weighted by Gasteiger charge is 2.24. The zero-order valence-corrected chi connectivity index (χ0v) is 13.4. The van der Waals surface area contributed by atoms with Crippen molar-refractivity contribution >= 4 is 0 Å². The molecule has 0 radical (unpaired) electrons. The van der Waals surface area contributed by atoms with Crippen LogP contribution in [0.2, 0.25) is 0 Å². The van der Waals surface area contributed by atoms with E-state index in [0.29, 0.717) is 0 Å². The third-order valence-corrected chi connectivity index (χ3v) is 4.80. The maximum absolute atomic E-state index is 5.94. The predicted octanol–water partition coefficient (Wildman–Crippen LogP) is 2.18. The van der Waals surface area contributed by atoms with E-state index >= 15 is 0 Å². The lowest BCUT2D eigenvalue weighted by Crippen LogP contribution is -2.46. The van der Waals surface area contributed by atoms with E-state index in [0.717, 1.165) is 43.8 Å². The van der Waals surface area contributed by atoms with Gasteiger partial charge in [-0.3, -0.25) is 4.90 Å². The molecular weight excluding hydrogens is 264 g/mol. The Balaban J connectivity index is 1.51. The molecule has 1 saturated carbocycles. The largest absolute Gasteiger partial charge is 0.374 e. The van der Waals surface area contributed by atoms with Crippen molar-refractivity contribution in [2.24, 2.45) is 5.92 Å². The average Bonchev–Trinajstić information content (AvgIpc) is 2.78. The second kappa shape index (κ2) is 6.88. The van der Waals surface area contributed by atoms with E-state index in [2.05, 4.69) is 15.0 Å². The van der Waals surface area contributed by atoms with Crippen LogP contribution in [0.4, 0.5) is 0 Å². The van der Waals surface area contributed by atoms with Gasteiger partial charge in [0.2, 0.25) is 0 Å².